The molecule has 0 atom stereocenters. The van der Waals surface area contributed by atoms with Crippen molar-refractivity contribution in [1.82, 2.24) is 0 Å². The van der Waals surface area contributed by atoms with Crippen molar-refractivity contribution in [3.63, 3.8) is 0 Å². The number of rotatable bonds is 10. The van der Waals surface area contributed by atoms with E-state index in [1.54, 1.807) is 55.6 Å². The van der Waals surface area contributed by atoms with Crippen LogP contribution in [-0.4, -0.2) is 13.0 Å². The highest BCUT2D eigenvalue weighted by molar-refractivity contribution is 6.30. The summed E-state index contributed by atoms with van der Waals surface area (Å²) in [7, 11) is 1.55. The van der Waals surface area contributed by atoms with Crippen LogP contribution in [0.4, 0.5) is 5.69 Å². The topological polar surface area (TPSA) is 80.6 Å². The van der Waals surface area contributed by atoms with Crippen molar-refractivity contribution >= 4 is 29.3 Å². The third kappa shape index (κ3) is 7.88. The largest absolute Gasteiger partial charge is 0.497 e. The van der Waals surface area contributed by atoms with Crippen molar-refractivity contribution in [2.24, 2.45) is 0 Å². The fourth-order valence-electron chi connectivity index (χ4n) is 3.66. The monoisotopic (exact) mass is 538 g/mol. The summed E-state index contributed by atoms with van der Waals surface area (Å²) in [4.78, 5) is 12.9. The highest BCUT2D eigenvalue weighted by Gasteiger charge is 2.13. The molecule has 1 amide bonds. The fourth-order valence-corrected chi connectivity index (χ4v) is 3.87. The number of carbonyl (C=O) groups is 1. The number of nitriles is 1. The van der Waals surface area contributed by atoms with Crippen molar-refractivity contribution < 1.29 is 19.0 Å². The minimum atomic E-state index is -0.539. The molecule has 0 saturated heterocycles. The van der Waals surface area contributed by atoms with E-state index in [2.05, 4.69) is 5.32 Å². The van der Waals surface area contributed by atoms with E-state index < -0.39 is 5.91 Å². The van der Waals surface area contributed by atoms with Gasteiger partial charge in [-0.15, -0.1) is 0 Å². The number of amides is 1. The molecule has 7 heteroatoms. The maximum Gasteiger partial charge on any atom is 0.266 e. The Morgan fingerprint density at radius 1 is 0.897 bits per heavy atom. The molecule has 0 spiro atoms. The van der Waals surface area contributed by atoms with Crippen molar-refractivity contribution in [2.45, 2.75) is 20.1 Å². The molecular weight excluding hydrogens is 512 g/mol. The third-order valence-electron chi connectivity index (χ3n) is 5.81. The van der Waals surface area contributed by atoms with Gasteiger partial charge in [-0.2, -0.15) is 5.26 Å². The van der Waals surface area contributed by atoms with Crippen LogP contribution in [0.5, 0.6) is 17.2 Å². The van der Waals surface area contributed by atoms with Gasteiger partial charge in [0.25, 0.3) is 5.91 Å². The molecule has 0 bridgehead atoms. The molecule has 39 heavy (non-hydrogen) atoms. The van der Waals surface area contributed by atoms with Crippen molar-refractivity contribution in [2.75, 3.05) is 12.4 Å². The lowest BCUT2D eigenvalue weighted by Gasteiger charge is -2.12. The first-order valence-electron chi connectivity index (χ1n) is 12.2. The second kappa shape index (κ2) is 13.2. The molecule has 4 rings (SSSR count). The predicted molar refractivity (Wildman–Crippen MR) is 153 cm³/mol. The van der Waals surface area contributed by atoms with E-state index in [1.807, 2.05) is 55.5 Å². The van der Waals surface area contributed by atoms with Crippen LogP contribution in [0.2, 0.25) is 5.02 Å². The molecule has 0 unspecified atom stereocenters. The van der Waals surface area contributed by atoms with Gasteiger partial charge in [0.05, 0.1) is 7.11 Å². The second-order valence-corrected chi connectivity index (χ2v) is 9.18. The Balaban J connectivity index is 1.44. The number of carbonyl (C=O) groups excluding carboxylic acids is 1. The third-order valence-corrected chi connectivity index (χ3v) is 6.04. The van der Waals surface area contributed by atoms with Gasteiger partial charge in [0.15, 0.2) is 0 Å². The smallest absolute Gasteiger partial charge is 0.266 e. The predicted octanol–water partition coefficient (Wildman–Crippen LogP) is 7.36. The van der Waals surface area contributed by atoms with Gasteiger partial charge >= 0.3 is 0 Å². The first-order valence-corrected chi connectivity index (χ1v) is 12.6. The number of methoxy groups -OCH3 is 1. The fraction of sp³-hybridized carbons (Fsp3) is 0.125. The van der Waals surface area contributed by atoms with Gasteiger partial charge in [0, 0.05) is 22.3 Å². The van der Waals surface area contributed by atoms with Gasteiger partial charge in [-0.3, -0.25) is 4.79 Å². The standard InChI is InChI=1S/C32H27ClN2O4/c1-22-6-8-23(9-7-22)20-38-29-14-11-28(12-15-29)35-32(36)26(19-34)17-25-10-13-30(37-2)18-31(25)39-21-24-4-3-5-27(33)16-24/h3-18H,20-21H2,1-2H3,(H,35,36)/b26-17+. The molecule has 0 heterocycles. The molecule has 1 N–H and O–H groups in total. The van der Waals surface area contributed by atoms with Gasteiger partial charge in [-0.25, -0.2) is 0 Å². The number of anilines is 1. The van der Waals surface area contributed by atoms with Crippen LogP contribution in [-0.2, 0) is 18.0 Å². The Hall–Kier alpha value is -4.73. The molecule has 196 valence electrons. The van der Waals surface area contributed by atoms with Gasteiger partial charge < -0.3 is 19.5 Å². The molecule has 0 saturated carbocycles. The summed E-state index contributed by atoms with van der Waals surface area (Å²) in [5, 5.41) is 13.1. The lowest BCUT2D eigenvalue weighted by molar-refractivity contribution is -0.112. The Morgan fingerprint density at radius 3 is 2.31 bits per heavy atom. The van der Waals surface area contributed by atoms with Crippen LogP contribution < -0.4 is 19.5 Å². The number of hydrogen-bond donors (Lipinski definition) is 1. The van der Waals surface area contributed by atoms with Crippen LogP contribution in [0.15, 0.2) is 96.6 Å². The lowest BCUT2D eigenvalue weighted by Crippen LogP contribution is -2.13. The maximum atomic E-state index is 12.9. The van der Waals surface area contributed by atoms with E-state index in [0.29, 0.717) is 40.1 Å². The lowest BCUT2D eigenvalue weighted by atomic mass is 10.1. The number of nitrogens with zero attached hydrogens (tertiary/aromatic N) is 1. The minimum Gasteiger partial charge on any atom is -0.497 e. The van der Waals surface area contributed by atoms with E-state index >= 15 is 0 Å². The van der Waals surface area contributed by atoms with Crippen LogP contribution in [0.1, 0.15) is 22.3 Å². The summed E-state index contributed by atoms with van der Waals surface area (Å²) < 4.78 is 17.1. The van der Waals surface area contributed by atoms with E-state index in [4.69, 9.17) is 25.8 Å². The van der Waals surface area contributed by atoms with Gasteiger partial charge in [-0.05, 0) is 72.7 Å². The SMILES string of the molecule is COc1ccc(/C=C(\C#N)C(=O)Nc2ccc(OCc3ccc(C)cc3)cc2)c(OCc2cccc(Cl)c2)c1. The summed E-state index contributed by atoms with van der Waals surface area (Å²) in [5.74, 6) is 1.18. The molecule has 6 nitrogen and oxygen atoms in total. The Kier molecular flexibility index (Phi) is 9.23. The average Bonchev–Trinajstić information content (AvgIpc) is 2.95. The molecule has 0 fully saturated rings. The molecule has 0 aromatic heterocycles. The van der Waals surface area contributed by atoms with E-state index in [-0.39, 0.29) is 12.2 Å². The van der Waals surface area contributed by atoms with E-state index in [9.17, 15) is 10.1 Å². The van der Waals surface area contributed by atoms with Crippen LogP contribution in [0, 0.1) is 18.3 Å². The summed E-state index contributed by atoms with van der Waals surface area (Å²) in [5.41, 5.74) is 4.16. The zero-order valence-electron chi connectivity index (χ0n) is 21.6. The molecular formula is C32H27ClN2O4. The molecule has 4 aromatic carbocycles. The summed E-state index contributed by atoms with van der Waals surface area (Å²) in [6, 6.07) is 29.6. The maximum absolute atomic E-state index is 12.9. The number of benzene rings is 4. The summed E-state index contributed by atoms with van der Waals surface area (Å²) in [6.45, 7) is 2.73. The Morgan fingerprint density at radius 2 is 1.62 bits per heavy atom. The Labute approximate surface area is 233 Å². The van der Waals surface area contributed by atoms with Crippen molar-refractivity contribution in [3.8, 4) is 23.3 Å². The molecule has 0 aliphatic heterocycles. The van der Waals surface area contributed by atoms with Gasteiger partial charge in [0.1, 0.15) is 42.1 Å². The number of ether oxygens (including phenoxy) is 3. The second-order valence-electron chi connectivity index (χ2n) is 8.74. The molecule has 4 aromatic rings. The van der Waals surface area contributed by atoms with E-state index in [0.717, 1.165) is 11.1 Å². The first-order chi connectivity index (χ1) is 18.9. The zero-order valence-corrected chi connectivity index (χ0v) is 22.4. The number of hydrogen-bond acceptors (Lipinski definition) is 5. The molecule has 0 radical (unpaired) electrons. The van der Waals surface area contributed by atoms with Crippen molar-refractivity contribution in [3.05, 3.63) is 124 Å². The normalized spacial score (nSPS) is 10.9. The van der Waals surface area contributed by atoms with Gasteiger partial charge in [0.2, 0.25) is 0 Å². The number of aryl methyl sites for hydroxylation is 1. The summed E-state index contributed by atoms with van der Waals surface area (Å²) in [6.07, 6.45) is 1.49. The van der Waals surface area contributed by atoms with Gasteiger partial charge in [-0.1, -0.05) is 53.6 Å². The van der Waals surface area contributed by atoms with Crippen LogP contribution in [0.3, 0.4) is 0 Å². The quantitative estimate of drug-likeness (QED) is 0.168. The van der Waals surface area contributed by atoms with Crippen LogP contribution >= 0.6 is 11.6 Å². The minimum absolute atomic E-state index is 0.0764. The molecule has 0 aliphatic rings. The van der Waals surface area contributed by atoms with Crippen molar-refractivity contribution in [1.29, 1.82) is 5.26 Å². The highest BCUT2D eigenvalue weighted by Crippen LogP contribution is 2.28. The number of halogens is 1. The Bertz CT molecular complexity index is 1510. The number of nitrogens with one attached hydrogen (secondary N) is 1. The highest BCUT2D eigenvalue weighted by atomic mass is 35.5. The average molecular weight is 539 g/mol. The molecule has 0 aliphatic carbocycles. The first kappa shape index (κ1) is 27.3. The van der Waals surface area contributed by atoms with Crippen LogP contribution in [0.25, 0.3) is 6.08 Å². The summed E-state index contributed by atoms with van der Waals surface area (Å²) >= 11 is 6.08. The zero-order chi connectivity index (χ0) is 27.6. The van der Waals surface area contributed by atoms with E-state index in [1.165, 1.54) is 11.6 Å².